The number of benzene rings is 2. The summed E-state index contributed by atoms with van der Waals surface area (Å²) in [5.41, 5.74) is 3.11. The Morgan fingerprint density at radius 3 is 2.70 bits per heavy atom. The maximum Gasteiger partial charge on any atom is 0.232 e. The van der Waals surface area contributed by atoms with Crippen molar-refractivity contribution in [2.24, 2.45) is 0 Å². The van der Waals surface area contributed by atoms with Crippen LogP contribution in [0.1, 0.15) is 43.2 Å². The maximum atomic E-state index is 12.3. The number of anilines is 1. The number of para-hydroxylation sites is 2. The molecule has 1 heterocycles. The predicted molar refractivity (Wildman–Crippen MR) is 93.0 cm³/mol. The first kappa shape index (κ1) is 15.6. The zero-order valence-corrected chi connectivity index (χ0v) is 13.5. The van der Waals surface area contributed by atoms with Crippen molar-refractivity contribution in [2.45, 2.75) is 38.5 Å². The van der Waals surface area contributed by atoms with Crippen LogP contribution in [-0.4, -0.2) is 12.5 Å². The van der Waals surface area contributed by atoms with Gasteiger partial charge in [-0.15, -0.1) is 0 Å². The molecule has 0 saturated heterocycles. The first-order valence-electron chi connectivity index (χ1n) is 8.40. The quantitative estimate of drug-likeness (QED) is 0.763. The Morgan fingerprint density at radius 1 is 1.04 bits per heavy atom. The lowest BCUT2D eigenvalue weighted by Crippen LogP contribution is -2.15. The topological polar surface area (TPSA) is 38.3 Å². The van der Waals surface area contributed by atoms with Crippen LogP contribution in [0.3, 0.4) is 0 Å². The van der Waals surface area contributed by atoms with Gasteiger partial charge in [-0.25, -0.2) is 0 Å². The Morgan fingerprint density at radius 2 is 1.83 bits per heavy atom. The summed E-state index contributed by atoms with van der Waals surface area (Å²) in [5.74, 6) is 0.847. The molecule has 3 rings (SSSR count). The van der Waals surface area contributed by atoms with Gasteiger partial charge in [-0.1, -0.05) is 56.2 Å². The summed E-state index contributed by atoms with van der Waals surface area (Å²) in [6.45, 7) is 2.92. The van der Waals surface area contributed by atoms with Crippen LogP contribution in [0, 0.1) is 0 Å². The predicted octanol–water partition coefficient (Wildman–Crippen LogP) is 4.53. The molecule has 1 amide bonds. The molecule has 23 heavy (non-hydrogen) atoms. The van der Waals surface area contributed by atoms with E-state index in [9.17, 15) is 4.79 Å². The van der Waals surface area contributed by atoms with Gasteiger partial charge >= 0.3 is 0 Å². The molecular formula is C20H23NO2. The largest absolute Gasteiger partial charge is 0.493 e. The highest BCUT2D eigenvalue weighted by Gasteiger charge is 2.30. The van der Waals surface area contributed by atoms with E-state index in [1.807, 2.05) is 42.5 Å². The first-order chi connectivity index (χ1) is 11.3. The molecule has 3 nitrogen and oxygen atoms in total. The fourth-order valence-electron chi connectivity index (χ4n) is 3.05. The third kappa shape index (κ3) is 3.55. The Bertz CT molecular complexity index is 681. The number of rotatable bonds is 7. The van der Waals surface area contributed by atoms with Gasteiger partial charge in [0.05, 0.1) is 12.5 Å². The molecule has 2 aromatic rings. The van der Waals surface area contributed by atoms with Crippen molar-refractivity contribution in [3.05, 3.63) is 59.7 Å². The molecule has 120 valence electrons. The molecule has 0 saturated carbocycles. The third-order valence-corrected chi connectivity index (χ3v) is 4.31. The van der Waals surface area contributed by atoms with E-state index < -0.39 is 0 Å². The fourth-order valence-corrected chi connectivity index (χ4v) is 3.05. The van der Waals surface area contributed by atoms with Crippen molar-refractivity contribution in [2.75, 3.05) is 11.9 Å². The number of unbranched alkanes of at least 4 members (excludes halogenated alkanes) is 2. The van der Waals surface area contributed by atoms with Crippen molar-refractivity contribution < 1.29 is 9.53 Å². The molecule has 0 radical (unpaired) electrons. The normalized spacial score (nSPS) is 16.0. The number of hydrogen-bond donors (Lipinski definition) is 1. The minimum Gasteiger partial charge on any atom is -0.493 e. The van der Waals surface area contributed by atoms with E-state index in [1.165, 1.54) is 12.8 Å². The molecule has 2 aromatic carbocycles. The molecule has 0 bridgehead atoms. The molecule has 0 spiro atoms. The zero-order chi connectivity index (χ0) is 16.1. The Hall–Kier alpha value is -2.29. The summed E-state index contributed by atoms with van der Waals surface area (Å²) >= 11 is 0. The van der Waals surface area contributed by atoms with Crippen LogP contribution in [0.5, 0.6) is 5.75 Å². The smallest absolute Gasteiger partial charge is 0.232 e. The van der Waals surface area contributed by atoms with Gasteiger partial charge in [0.2, 0.25) is 5.91 Å². The highest BCUT2D eigenvalue weighted by molar-refractivity contribution is 6.03. The summed E-state index contributed by atoms with van der Waals surface area (Å²) < 4.78 is 5.94. The lowest BCUT2D eigenvalue weighted by Gasteiger charge is -2.14. The van der Waals surface area contributed by atoms with Crippen LogP contribution < -0.4 is 10.1 Å². The number of hydrogen-bond acceptors (Lipinski definition) is 2. The van der Waals surface area contributed by atoms with Crippen molar-refractivity contribution in [1.82, 2.24) is 0 Å². The molecule has 1 atom stereocenters. The van der Waals surface area contributed by atoms with Gasteiger partial charge in [0.15, 0.2) is 0 Å². The number of carbonyl (C=O) groups excluding carboxylic acids is 1. The molecule has 0 unspecified atom stereocenters. The van der Waals surface area contributed by atoms with Gasteiger partial charge in [-0.3, -0.25) is 4.79 Å². The van der Waals surface area contributed by atoms with E-state index >= 15 is 0 Å². The lowest BCUT2D eigenvalue weighted by atomic mass is 9.93. The van der Waals surface area contributed by atoms with Gasteiger partial charge in [0.25, 0.3) is 0 Å². The monoisotopic (exact) mass is 309 g/mol. The second-order valence-corrected chi connectivity index (χ2v) is 6.00. The Balaban J connectivity index is 1.74. The van der Waals surface area contributed by atoms with Crippen molar-refractivity contribution in [3.8, 4) is 5.75 Å². The summed E-state index contributed by atoms with van der Waals surface area (Å²) in [4.78, 5) is 12.3. The van der Waals surface area contributed by atoms with Crippen LogP contribution >= 0.6 is 0 Å². The van der Waals surface area contributed by atoms with E-state index in [2.05, 4.69) is 18.3 Å². The van der Waals surface area contributed by atoms with Gasteiger partial charge in [0, 0.05) is 5.69 Å². The zero-order valence-electron chi connectivity index (χ0n) is 13.5. The molecular weight excluding hydrogens is 286 g/mol. The second kappa shape index (κ2) is 7.32. The fraction of sp³-hybridized carbons (Fsp3) is 0.350. The molecule has 0 fully saturated rings. The van der Waals surface area contributed by atoms with Crippen LogP contribution in [0.4, 0.5) is 5.69 Å². The summed E-state index contributed by atoms with van der Waals surface area (Å²) in [6, 6.07) is 16.0. The van der Waals surface area contributed by atoms with Crippen LogP contribution in [-0.2, 0) is 11.2 Å². The SMILES string of the molecule is CCCCCOc1ccccc1C[C@@H]1C(=O)Nc2ccccc21. The summed E-state index contributed by atoms with van der Waals surface area (Å²) in [7, 11) is 0. The molecule has 1 aliphatic heterocycles. The van der Waals surface area contributed by atoms with Gasteiger partial charge in [-0.2, -0.15) is 0 Å². The summed E-state index contributed by atoms with van der Waals surface area (Å²) in [6.07, 6.45) is 4.11. The number of amides is 1. The lowest BCUT2D eigenvalue weighted by molar-refractivity contribution is -0.117. The molecule has 0 aliphatic carbocycles. The number of ether oxygens (including phenoxy) is 1. The second-order valence-electron chi connectivity index (χ2n) is 6.00. The molecule has 3 heteroatoms. The molecule has 1 aliphatic rings. The number of fused-ring (bicyclic) bond motifs is 1. The summed E-state index contributed by atoms with van der Waals surface area (Å²) in [5, 5.41) is 2.97. The highest BCUT2D eigenvalue weighted by atomic mass is 16.5. The standard InChI is InChI=1S/C20H23NO2/c1-2-3-8-13-23-19-12-7-4-9-15(19)14-17-16-10-5-6-11-18(16)21-20(17)22/h4-7,9-12,17H,2-3,8,13-14H2,1H3,(H,21,22)/t17-/m0/s1. The van der Waals surface area contributed by atoms with Gasteiger partial charge in [-0.05, 0) is 36.1 Å². The van der Waals surface area contributed by atoms with Crippen molar-refractivity contribution in [3.63, 3.8) is 0 Å². The highest BCUT2D eigenvalue weighted by Crippen LogP contribution is 2.36. The minimum atomic E-state index is -0.133. The van der Waals surface area contributed by atoms with E-state index in [0.717, 1.165) is 35.6 Å². The van der Waals surface area contributed by atoms with E-state index in [1.54, 1.807) is 0 Å². The van der Waals surface area contributed by atoms with E-state index in [4.69, 9.17) is 4.74 Å². The maximum absolute atomic E-state index is 12.3. The molecule has 1 N–H and O–H groups in total. The molecule has 0 aromatic heterocycles. The van der Waals surface area contributed by atoms with Crippen molar-refractivity contribution >= 4 is 11.6 Å². The average molecular weight is 309 g/mol. The Labute approximate surface area is 137 Å². The van der Waals surface area contributed by atoms with Crippen LogP contribution in [0.2, 0.25) is 0 Å². The first-order valence-corrected chi connectivity index (χ1v) is 8.40. The van der Waals surface area contributed by atoms with Gasteiger partial charge < -0.3 is 10.1 Å². The van der Waals surface area contributed by atoms with Crippen LogP contribution in [0.15, 0.2) is 48.5 Å². The van der Waals surface area contributed by atoms with E-state index in [-0.39, 0.29) is 11.8 Å². The van der Waals surface area contributed by atoms with Crippen molar-refractivity contribution in [1.29, 1.82) is 0 Å². The van der Waals surface area contributed by atoms with Gasteiger partial charge in [0.1, 0.15) is 5.75 Å². The number of nitrogens with one attached hydrogen (secondary N) is 1. The Kier molecular flexibility index (Phi) is 4.96. The van der Waals surface area contributed by atoms with E-state index in [0.29, 0.717) is 6.42 Å². The van der Waals surface area contributed by atoms with Crippen LogP contribution in [0.25, 0.3) is 0 Å². The number of carbonyl (C=O) groups is 1. The third-order valence-electron chi connectivity index (χ3n) is 4.31. The average Bonchev–Trinajstić information content (AvgIpc) is 2.89. The minimum absolute atomic E-state index is 0.0759.